The number of halogens is 1. The van der Waals surface area contributed by atoms with Gasteiger partial charge in [-0.05, 0) is 31.9 Å². The van der Waals surface area contributed by atoms with Gasteiger partial charge in [-0.2, -0.15) is 4.39 Å². The van der Waals surface area contributed by atoms with Crippen molar-refractivity contribution >= 4 is 11.4 Å². The summed E-state index contributed by atoms with van der Waals surface area (Å²) in [6.45, 7) is 3.07. The lowest BCUT2D eigenvalue weighted by Gasteiger charge is -2.35. The van der Waals surface area contributed by atoms with Crippen molar-refractivity contribution in [3.8, 4) is 0 Å². The van der Waals surface area contributed by atoms with E-state index in [1.54, 1.807) is 0 Å². The third-order valence-electron chi connectivity index (χ3n) is 3.04. The molecule has 1 heterocycles. The maximum atomic E-state index is 13.5. The molecule has 0 saturated carbocycles. The van der Waals surface area contributed by atoms with Crippen LogP contribution in [0.2, 0.25) is 0 Å². The van der Waals surface area contributed by atoms with Crippen molar-refractivity contribution in [3.63, 3.8) is 0 Å². The minimum Gasteiger partial charge on any atom is -0.379 e. The van der Waals surface area contributed by atoms with Crippen LogP contribution in [-0.4, -0.2) is 23.7 Å². The molecule has 1 fully saturated rings. The quantitative estimate of drug-likeness (QED) is 0.665. The van der Waals surface area contributed by atoms with E-state index in [0.29, 0.717) is 13.2 Å². The molecule has 1 aliphatic heterocycles. The zero-order chi connectivity index (χ0) is 13.2. The topological polar surface area (TPSA) is 64.4 Å². The minimum atomic E-state index is -0.828. The number of anilines is 1. The Kier molecular flexibility index (Phi) is 3.47. The zero-order valence-corrected chi connectivity index (χ0v) is 10.1. The number of hydrogen-bond acceptors (Lipinski definition) is 4. The molecule has 0 amide bonds. The number of nitrogens with one attached hydrogen (secondary N) is 1. The molecule has 1 aliphatic rings. The zero-order valence-electron chi connectivity index (χ0n) is 10.1. The number of nitro groups is 1. The second-order valence-corrected chi connectivity index (χ2v) is 4.73. The molecule has 0 radical (unpaired) electrons. The van der Waals surface area contributed by atoms with Crippen molar-refractivity contribution in [2.75, 3.05) is 18.5 Å². The van der Waals surface area contributed by atoms with E-state index in [4.69, 9.17) is 4.74 Å². The highest BCUT2D eigenvalue weighted by atomic mass is 19.1. The van der Waals surface area contributed by atoms with Crippen LogP contribution in [0, 0.1) is 15.9 Å². The SMILES string of the molecule is CC1(Nc2cccc(F)c2[N+](=O)[O-])CCCOC1. The molecule has 18 heavy (non-hydrogen) atoms. The molecule has 98 valence electrons. The van der Waals surface area contributed by atoms with Crippen LogP contribution in [0.25, 0.3) is 0 Å². The third-order valence-corrected chi connectivity index (χ3v) is 3.04. The highest BCUT2D eigenvalue weighted by Gasteiger charge is 2.30. The molecule has 0 bridgehead atoms. The molecule has 0 aromatic heterocycles. The summed E-state index contributed by atoms with van der Waals surface area (Å²) < 4.78 is 18.8. The standard InChI is InChI=1S/C12H15FN2O3/c1-12(6-3-7-18-8-12)14-10-5-2-4-9(13)11(10)15(16)17/h2,4-5,14H,3,6-8H2,1H3. The van der Waals surface area contributed by atoms with E-state index >= 15 is 0 Å². The Labute approximate surface area is 104 Å². The van der Waals surface area contributed by atoms with Crippen molar-refractivity contribution in [1.29, 1.82) is 0 Å². The Balaban J connectivity index is 2.28. The maximum Gasteiger partial charge on any atom is 0.327 e. The average molecular weight is 254 g/mol. The molecule has 1 atom stereocenters. The minimum absolute atomic E-state index is 0.202. The van der Waals surface area contributed by atoms with Gasteiger partial charge in [0.2, 0.25) is 5.82 Å². The smallest absolute Gasteiger partial charge is 0.327 e. The molecule has 6 heteroatoms. The van der Waals surface area contributed by atoms with Gasteiger partial charge in [0, 0.05) is 6.61 Å². The number of nitro benzene ring substituents is 1. The van der Waals surface area contributed by atoms with Crippen LogP contribution in [0.15, 0.2) is 18.2 Å². The van der Waals surface area contributed by atoms with Crippen molar-refractivity contribution in [1.82, 2.24) is 0 Å². The van der Waals surface area contributed by atoms with E-state index in [9.17, 15) is 14.5 Å². The van der Waals surface area contributed by atoms with Gasteiger partial charge in [0.05, 0.1) is 17.1 Å². The van der Waals surface area contributed by atoms with Crippen LogP contribution in [0.3, 0.4) is 0 Å². The molecular weight excluding hydrogens is 239 g/mol. The van der Waals surface area contributed by atoms with Gasteiger partial charge in [-0.25, -0.2) is 0 Å². The molecular formula is C12H15FN2O3. The molecule has 1 unspecified atom stereocenters. The molecule has 1 aromatic rings. The molecule has 5 nitrogen and oxygen atoms in total. The highest BCUT2D eigenvalue weighted by Crippen LogP contribution is 2.32. The monoisotopic (exact) mass is 254 g/mol. The van der Waals surface area contributed by atoms with Gasteiger partial charge in [0.15, 0.2) is 0 Å². The Hall–Kier alpha value is -1.69. The van der Waals surface area contributed by atoms with E-state index in [0.717, 1.165) is 18.9 Å². The van der Waals surface area contributed by atoms with E-state index in [2.05, 4.69) is 5.32 Å². The molecule has 1 N–H and O–H groups in total. The van der Waals surface area contributed by atoms with Crippen LogP contribution >= 0.6 is 0 Å². The largest absolute Gasteiger partial charge is 0.379 e. The Morgan fingerprint density at radius 3 is 2.94 bits per heavy atom. The summed E-state index contributed by atoms with van der Waals surface area (Å²) in [5, 5.41) is 13.9. The summed E-state index contributed by atoms with van der Waals surface area (Å²) in [4.78, 5) is 10.2. The molecule has 1 saturated heterocycles. The lowest BCUT2D eigenvalue weighted by Crippen LogP contribution is -2.43. The summed E-state index contributed by atoms with van der Waals surface area (Å²) in [6.07, 6.45) is 1.72. The molecule has 2 rings (SSSR count). The van der Waals surface area contributed by atoms with E-state index in [1.165, 1.54) is 12.1 Å². The second-order valence-electron chi connectivity index (χ2n) is 4.73. The number of para-hydroxylation sites is 1. The first-order valence-electron chi connectivity index (χ1n) is 5.81. The highest BCUT2D eigenvalue weighted by molar-refractivity contribution is 5.63. The first kappa shape index (κ1) is 12.8. The van der Waals surface area contributed by atoms with Crippen molar-refractivity contribution in [2.24, 2.45) is 0 Å². The Morgan fingerprint density at radius 1 is 1.56 bits per heavy atom. The number of hydrogen-bond donors (Lipinski definition) is 1. The summed E-state index contributed by atoms with van der Waals surface area (Å²) >= 11 is 0. The first-order valence-corrected chi connectivity index (χ1v) is 5.81. The van der Waals surface area contributed by atoms with E-state index in [-0.39, 0.29) is 5.69 Å². The summed E-state index contributed by atoms with van der Waals surface area (Å²) in [6, 6.07) is 4.06. The van der Waals surface area contributed by atoms with Crippen LogP contribution in [0.1, 0.15) is 19.8 Å². The van der Waals surface area contributed by atoms with Crippen LogP contribution in [0.4, 0.5) is 15.8 Å². The van der Waals surface area contributed by atoms with Crippen LogP contribution in [-0.2, 0) is 4.74 Å². The summed E-state index contributed by atoms with van der Waals surface area (Å²) in [7, 11) is 0. The fourth-order valence-electron chi connectivity index (χ4n) is 2.16. The number of nitrogens with zero attached hydrogens (tertiary/aromatic N) is 1. The predicted molar refractivity (Wildman–Crippen MR) is 65.1 cm³/mol. The Morgan fingerprint density at radius 2 is 2.33 bits per heavy atom. The normalized spacial score (nSPS) is 23.7. The average Bonchev–Trinajstić information content (AvgIpc) is 2.28. The van der Waals surface area contributed by atoms with Gasteiger partial charge in [-0.3, -0.25) is 10.1 Å². The van der Waals surface area contributed by atoms with Gasteiger partial charge in [0.1, 0.15) is 5.69 Å². The third kappa shape index (κ3) is 2.59. The first-order chi connectivity index (χ1) is 8.52. The predicted octanol–water partition coefficient (Wildman–Crippen LogP) is 2.71. The number of ether oxygens (including phenoxy) is 1. The second kappa shape index (κ2) is 4.89. The van der Waals surface area contributed by atoms with Crippen LogP contribution in [0.5, 0.6) is 0 Å². The van der Waals surface area contributed by atoms with E-state index < -0.39 is 22.0 Å². The van der Waals surface area contributed by atoms with Crippen LogP contribution < -0.4 is 5.32 Å². The van der Waals surface area contributed by atoms with Crippen molar-refractivity contribution in [2.45, 2.75) is 25.3 Å². The van der Waals surface area contributed by atoms with E-state index in [1.807, 2.05) is 6.92 Å². The fraction of sp³-hybridized carbons (Fsp3) is 0.500. The van der Waals surface area contributed by atoms with Gasteiger partial charge < -0.3 is 10.1 Å². The number of benzene rings is 1. The van der Waals surface area contributed by atoms with Gasteiger partial charge >= 0.3 is 5.69 Å². The van der Waals surface area contributed by atoms with Crippen molar-refractivity contribution in [3.05, 3.63) is 34.1 Å². The molecule has 0 spiro atoms. The fourth-order valence-corrected chi connectivity index (χ4v) is 2.16. The van der Waals surface area contributed by atoms with Gasteiger partial charge in [0.25, 0.3) is 0 Å². The molecule has 0 aliphatic carbocycles. The lowest BCUT2D eigenvalue weighted by molar-refractivity contribution is -0.386. The maximum absolute atomic E-state index is 13.5. The Bertz CT molecular complexity index is 459. The molecule has 1 aromatic carbocycles. The summed E-state index contributed by atoms with van der Waals surface area (Å²) in [5.74, 6) is -0.828. The summed E-state index contributed by atoms with van der Waals surface area (Å²) in [5.41, 5.74) is -0.700. The number of rotatable bonds is 3. The lowest BCUT2D eigenvalue weighted by atomic mass is 9.94. The van der Waals surface area contributed by atoms with Crippen molar-refractivity contribution < 1.29 is 14.1 Å². The van der Waals surface area contributed by atoms with Gasteiger partial charge in [-0.15, -0.1) is 0 Å². The van der Waals surface area contributed by atoms with Gasteiger partial charge in [-0.1, -0.05) is 6.07 Å².